The van der Waals surface area contributed by atoms with Crippen LogP contribution in [0.4, 0.5) is 0 Å². The zero-order valence-electron chi connectivity index (χ0n) is 8.58. The van der Waals surface area contributed by atoms with E-state index >= 15 is 0 Å². The van der Waals surface area contributed by atoms with E-state index in [1.807, 2.05) is 0 Å². The maximum Gasteiger partial charge on any atom is 0.153 e. The molecule has 1 N–H and O–H groups in total. The van der Waals surface area contributed by atoms with Crippen molar-refractivity contribution in [3.05, 3.63) is 0 Å². The summed E-state index contributed by atoms with van der Waals surface area (Å²) in [5.74, 6) is 0.773. The van der Waals surface area contributed by atoms with Crippen LogP contribution >= 0.6 is 0 Å². The number of fused-ring (bicyclic) bond motifs is 2. The summed E-state index contributed by atoms with van der Waals surface area (Å²) in [6.45, 7) is 4.14. The van der Waals surface area contributed by atoms with Gasteiger partial charge in [0.15, 0.2) is 11.1 Å². The van der Waals surface area contributed by atoms with E-state index in [1.54, 1.807) is 0 Å². The molecule has 0 saturated heterocycles. The maximum atomic E-state index is 11.9. The van der Waals surface area contributed by atoms with Crippen LogP contribution in [-0.4, -0.2) is 20.3 Å². The highest BCUT2D eigenvalue weighted by Crippen LogP contribution is 2.63. The van der Waals surface area contributed by atoms with Crippen molar-refractivity contribution in [1.82, 2.24) is 0 Å². The molecule has 4 heteroatoms. The van der Waals surface area contributed by atoms with Gasteiger partial charge in [-0.05, 0) is 24.2 Å². The normalized spacial score (nSPS) is 41.6. The van der Waals surface area contributed by atoms with Crippen molar-refractivity contribution in [2.75, 3.05) is 5.75 Å². The van der Waals surface area contributed by atoms with Crippen molar-refractivity contribution in [1.29, 1.82) is 0 Å². The van der Waals surface area contributed by atoms with Crippen LogP contribution in [0.25, 0.3) is 0 Å². The van der Waals surface area contributed by atoms with Crippen LogP contribution in [0.3, 0.4) is 0 Å². The van der Waals surface area contributed by atoms with Crippen LogP contribution in [0.15, 0.2) is 0 Å². The van der Waals surface area contributed by atoms with Gasteiger partial charge in [-0.3, -0.25) is 4.79 Å². The first-order chi connectivity index (χ1) is 6.40. The van der Waals surface area contributed by atoms with Gasteiger partial charge >= 0.3 is 0 Å². The Balaban J connectivity index is 2.39. The van der Waals surface area contributed by atoms with Crippen LogP contribution in [0.5, 0.6) is 0 Å². The quantitative estimate of drug-likeness (QED) is 0.713. The third kappa shape index (κ3) is 1.07. The number of Topliss-reactive ketones (excluding diaryl/α,β-unsaturated/α-hetero) is 1. The lowest BCUT2D eigenvalue weighted by molar-refractivity contribution is -0.128. The Labute approximate surface area is 86.6 Å². The minimum atomic E-state index is -1.86. The number of ketones is 1. The molecule has 0 aromatic heterocycles. The van der Waals surface area contributed by atoms with Crippen molar-refractivity contribution in [2.45, 2.75) is 33.1 Å². The Morgan fingerprint density at radius 1 is 1.57 bits per heavy atom. The zero-order valence-corrected chi connectivity index (χ0v) is 9.39. The fourth-order valence-corrected chi connectivity index (χ4v) is 4.42. The molecule has 0 aromatic rings. The van der Waals surface area contributed by atoms with Crippen LogP contribution in [0.1, 0.15) is 33.1 Å². The Morgan fingerprint density at radius 2 is 2.21 bits per heavy atom. The van der Waals surface area contributed by atoms with E-state index < -0.39 is 16.5 Å². The third-order valence-corrected chi connectivity index (χ3v) is 5.25. The molecule has 0 spiro atoms. The summed E-state index contributed by atoms with van der Waals surface area (Å²) in [4.78, 5) is 11.9. The van der Waals surface area contributed by atoms with Gasteiger partial charge in [-0.1, -0.05) is 13.8 Å². The predicted octanol–water partition coefficient (Wildman–Crippen LogP) is 1.60. The molecule has 14 heavy (non-hydrogen) atoms. The first-order valence-electron chi connectivity index (χ1n) is 5.01. The first kappa shape index (κ1) is 10.3. The van der Waals surface area contributed by atoms with E-state index in [0.717, 1.165) is 12.8 Å². The molecule has 0 heterocycles. The number of hydrogen-bond donors (Lipinski definition) is 1. The summed E-state index contributed by atoms with van der Waals surface area (Å²) in [6, 6.07) is 0. The lowest BCUT2D eigenvalue weighted by atomic mass is 9.70. The van der Waals surface area contributed by atoms with Gasteiger partial charge in [0.1, 0.15) is 5.78 Å². The van der Waals surface area contributed by atoms with Crippen molar-refractivity contribution in [2.24, 2.45) is 16.7 Å². The van der Waals surface area contributed by atoms with E-state index in [2.05, 4.69) is 13.8 Å². The van der Waals surface area contributed by atoms with Gasteiger partial charge in [0.25, 0.3) is 0 Å². The SMILES string of the molecule is CC1(C)C2CC[C@]1(CS(=O)O)C(=O)C2. The van der Waals surface area contributed by atoms with Gasteiger partial charge in [0.2, 0.25) is 0 Å². The number of rotatable bonds is 2. The Bertz CT molecular complexity index is 310. The molecular formula is C10H16O3S. The summed E-state index contributed by atoms with van der Waals surface area (Å²) in [6.07, 6.45) is 2.45. The minimum Gasteiger partial charge on any atom is -0.306 e. The molecule has 2 aliphatic carbocycles. The highest BCUT2D eigenvalue weighted by Gasteiger charge is 2.64. The summed E-state index contributed by atoms with van der Waals surface area (Å²) >= 11 is -1.86. The maximum absolute atomic E-state index is 11.9. The summed E-state index contributed by atoms with van der Waals surface area (Å²) < 4.78 is 19.9. The van der Waals surface area contributed by atoms with E-state index in [1.165, 1.54) is 0 Å². The second-order valence-corrected chi connectivity index (χ2v) is 6.06. The first-order valence-corrected chi connectivity index (χ1v) is 6.28. The molecule has 80 valence electrons. The highest BCUT2D eigenvalue weighted by molar-refractivity contribution is 7.79. The van der Waals surface area contributed by atoms with Gasteiger partial charge in [-0.2, -0.15) is 0 Å². The van der Waals surface area contributed by atoms with E-state index in [4.69, 9.17) is 4.55 Å². The molecule has 3 atom stereocenters. The van der Waals surface area contributed by atoms with Gasteiger partial charge in [-0.25, -0.2) is 4.21 Å². The minimum absolute atomic E-state index is 0.0809. The van der Waals surface area contributed by atoms with Crippen LogP contribution in [0.2, 0.25) is 0 Å². The lowest BCUT2D eigenvalue weighted by Gasteiger charge is -2.35. The van der Waals surface area contributed by atoms with Crippen LogP contribution in [-0.2, 0) is 15.9 Å². The smallest absolute Gasteiger partial charge is 0.153 e. The van der Waals surface area contributed by atoms with E-state index in [-0.39, 0.29) is 17.0 Å². The van der Waals surface area contributed by atoms with Crippen molar-refractivity contribution in [3.8, 4) is 0 Å². The third-order valence-electron chi connectivity index (χ3n) is 4.51. The second-order valence-electron chi connectivity index (χ2n) is 5.13. The topological polar surface area (TPSA) is 54.4 Å². The molecule has 2 bridgehead atoms. The molecule has 0 amide bonds. The average Bonchev–Trinajstić information content (AvgIpc) is 2.36. The van der Waals surface area contributed by atoms with Gasteiger partial charge < -0.3 is 4.55 Å². The lowest BCUT2D eigenvalue weighted by Crippen LogP contribution is -2.40. The Hall–Kier alpha value is -0.220. The highest BCUT2D eigenvalue weighted by atomic mass is 32.2. The summed E-state index contributed by atoms with van der Waals surface area (Å²) in [5, 5.41) is 0. The molecule has 2 rings (SSSR count). The van der Waals surface area contributed by atoms with Crippen molar-refractivity contribution < 1.29 is 13.6 Å². The Morgan fingerprint density at radius 3 is 2.57 bits per heavy atom. The van der Waals surface area contributed by atoms with Crippen molar-refractivity contribution >= 4 is 16.9 Å². The fraction of sp³-hybridized carbons (Fsp3) is 0.900. The summed E-state index contributed by atoms with van der Waals surface area (Å²) in [7, 11) is 0. The molecule has 3 nitrogen and oxygen atoms in total. The van der Waals surface area contributed by atoms with Crippen LogP contribution in [0, 0.1) is 16.7 Å². The molecule has 0 aromatic carbocycles. The Kier molecular flexibility index (Phi) is 2.13. The number of carbonyl (C=O) groups is 1. The average molecular weight is 216 g/mol. The standard InChI is InChI=1S/C10H16O3S/c1-9(2)7-3-4-10(9,6-14(12)13)8(11)5-7/h7H,3-6H2,1-2H3,(H,12,13)/t7?,10-/m0/s1. The molecule has 0 radical (unpaired) electrons. The van der Waals surface area contributed by atoms with Gasteiger partial charge in [-0.15, -0.1) is 0 Å². The van der Waals surface area contributed by atoms with Gasteiger partial charge in [0, 0.05) is 11.8 Å². The molecule has 2 unspecified atom stereocenters. The van der Waals surface area contributed by atoms with Crippen molar-refractivity contribution in [3.63, 3.8) is 0 Å². The van der Waals surface area contributed by atoms with Gasteiger partial charge in [0.05, 0.1) is 5.75 Å². The molecule has 0 aliphatic heterocycles. The van der Waals surface area contributed by atoms with E-state index in [9.17, 15) is 9.00 Å². The second kappa shape index (κ2) is 2.89. The predicted molar refractivity (Wildman–Crippen MR) is 54.2 cm³/mol. The summed E-state index contributed by atoms with van der Waals surface area (Å²) in [5.41, 5.74) is -0.584. The largest absolute Gasteiger partial charge is 0.306 e. The monoisotopic (exact) mass is 216 g/mol. The van der Waals surface area contributed by atoms with E-state index in [0.29, 0.717) is 12.3 Å². The molecule has 2 fully saturated rings. The number of carbonyl (C=O) groups excluding carboxylic acids is 1. The fourth-order valence-electron chi connectivity index (χ4n) is 3.32. The molecular weight excluding hydrogens is 200 g/mol. The zero-order chi connectivity index (χ0) is 10.6. The number of hydrogen-bond acceptors (Lipinski definition) is 2. The molecule has 2 saturated carbocycles. The molecule has 2 aliphatic rings. The van der Waals surface area contributed by atoms with Crippen LogP contribution < -0.4 is 0 Å².